The van der Waals surface area contributed by atoms with Crippen molar-refractivity contribution in [3.8, 4) is 5.75 Å². The van der Waals surface area contributed by atoms with Crippen LogP contribution in [0.25, 0.3) is 0 Å². The number of alkyl halides is 3. The summed E-state index contributed by atoms with van der Waals surface area (Å²) in [5, 5.41) is 19.5. The van der Waals surface area contributed by atoms with E-state index in [1.165, 1.54) is 0 Å². The molecule has 0 heterocycles. The number of phenols is 1. The molecule has 0 bridgehead atoms. The van der Waals surface area contributed by atoms with E-state index in [1.54, 1.807) is 0 Å². The van der Waals surface area contributed by atoms with Crippen molar-refractivity contribution in [2.75, 3.05) is 0 Å². The second-order valence-corrected chi connectivity index (χ2v) is 3.40. The van der Waals surface area contributed by atoms with Gasteiger partial charge in [-0.1, -0.05) is 0 Å². The highest BCUT2D eigenvalue weighted by Crippen LogP contribution is 2.43. The van der Waals surface area contributed by atoms with E-state index in [0.29, 0.717) is 6.07 Å². The van der Waals surface area contributed by atoms with Crippen molar-refractivity contribution in [3.63, 3.8) is 0 Å². The van der Waals surface area contributed by atoms with Gasteiger partial charge in [-0.05, 0) is 28.1 Å². The smallest absolute Gasteiger partial charge is 0.420 e. The number of aromatic hydroxyl groups is 1. The molecule has 15 heavy (non-hydrogen) atoms. The summed E-state index contributed by atoms with van der Waals surface area (Å²) >= 11 is 2.68. The number of phenolic OH excluding ortho intramolecular Hbond substituents is 1. The van der Waals surface area contributed by atoms with E-state index < -0.39 is 28.1 Å². The summed E-state index contributed by atoms with van der Waals surface area (Å²) in [6, 6.07) is 1.42. The minimum atomic E-state index is -4.82. The summed E-state index contributed by atoms with van der Waals surface area (Å²) in [4.78, 5) is 9.28. The molecule has 0 amide bonds. The first-order valence-electron chi connectivity index (χ1n) is 3.48. The summed E-state index contributed by atoms with van der Waals surface area (Å²) < 4.78 is 36.5. The van der Waals surface area contributed by atoms with E-state index in [4.69, 9.17) is 5.11 Å². The fraction of sp³-hybridized carbons (Fsp3) is 0.143. The number of rotatable bonds is 1. The maximum Gasteiger partial charge on any atom is 0.420 e. The van der Waals surface area contributed by atoms with Crippen molar-refractivity contribution in [2.24, 2.45) is 0 Å². The van der Waals surface area contributed by atoms with Crippen LogP contribution in [0.1, 0.15) is 5.56 Å². The molecule has 1 aromatic carbocycles. The zero-order valence-electron chi connectivity index (χ0n) is 6.88. The third-order valence-electron chi connectivity index (χ3n) is 1.59. The van der Waals surface area contributed by atoms with Crippen LogP contribution in [0.2, 0.25) is 0 Å². The van der Waals surface area contributed by atoms with Gasteiger partial charge in [0, 0.05) is 0 Å². The van der Waals surface area contributed by atoms with Crippen LogP contribution < -0.4 is 0 Å². The van der Waals surface area contributed by atoms with E-state index in [0.717, 1.165) is 6.07 Å². The fourth-order valence-electron chi connectivity index (χ4n) is 0.957. The molecular formula is C7H3BrF3NO3. The van der Waals surface area contributed by atoms with Crippen LogP contribution in [0.3, 0.4) is 0 Å². The maximum absolute atomic E-state index is 12.2. The Labute approximate surface area is 89.6 Å². The van der Waals surface area contributed by atoms with Crippen molar-refractivity contribution in [3.05, 3.63) is 32.3 Å². The molecule has 4 nitrogen and oxygen atoms in total. The molecule has 8 heteroatoms. The summed E-state index contributed by atoms with van der Waals surface area (Å²) in [6.45, 7) is 0. The van der Waals surface area contributed by atoms with Gasteiger partial charge in [-0.3, -0.25) is 10.1 Å². The number of hydrogen-bond acceptors (Lipinski definition) is 3. The summed E-state index contributed by atoms with van der Waals surface area (Å²) in [5.74, 6) is -1.39. The Morgan fingerprint density at radius 2 is 1.93 bits per heavy atom. The van der Waals surface area contributed by atoms with Crippen molar-refractivity contribution >= 4 is 21.6 Å². The largest absolute Gasteiger partial charge is 0.502 e. The molecule has 0 atom stereocenters. The molecule has 0 unspecified atom stereocenters. The van der Waals surface area contributed by atoms with Crippen LogP contribution in [-0.4, -0.2) is 10.0 Å². The quantitative estimate of drug-likeness (QED) is 0.637. The predicted molar refractivity (Wildman–Crippen MR) is 47.5 cm³/mol. The Hall–Kier alpha value is -1.31. The molecule has 0 spiro atoms. The lowest BCUT2D eigenvalue weighted by atomic mass is 10.1. The highest BCUT2D eigenvalue weighted by molar-refractivity contribution is 9.10. The highest BCUT2D eigenvalue weighted by atomic mass is 79.9. The summed E-state index contributed by atoms with van der Waals surface area (Å²) in [7, 11) is 0. The Kier molecular flexibility index (Phi) is 2.89. The van der Waals surface area contributed by atoms with Gasteiger partial charge >= 0.3 is 11.9 Å². The third-order valence-corrected chi connectivity index (χ3v) is 2.23. The molecule has 1 N–H and O–H groups in total. The van der Waals surface area contributed by atoms with Gasteiger partial charge in [-0.15, -0.1) is 0 Å². The lowest BCUT2D eigenvalue weighted by Gasteiger charge is -2.09. The van der Waals surface area contributed by atoms with E-state index in [1.807, 2.05) is 0 Å². The van der Waals surface area contributed by atoms with Crippen molar-refractivity contribution < 1.29 is 23.2 Å². The zero-order chi connectivity index (χ0) is 11.8. The molecule has 1 aromatic rings. The van der Waals surface area contributed by atoms with Crippen LogP contribution >= 0.6 is 15.9 Å². The first kappa shape index (κ1) is 11.8. The van der Waals surface area contributed by atoms with Crippen LogP contribution in [0.5, 0.6) is 5.75 Å². The number of nitrogens with zero attached hydrogens (tertiary/aromatic N) is 1. The molecule has 0 saturated heterocycles. The Balaban J connectivity index is 3.49. The molecule has 0 saturated carbocycles. The molecular weight excluding hydrogens is 283 g/mol. The Morgan fingerprint density at radius 1 is 1.40 bits per heavy atom. The van der Waals surface area contributed by atoms with E-state index >= 15 is 0 Å². The monoisotopic (exact) mass is 285 g/mol. The third kappa shape index (κ3) is 2.20. The molecule has 0 aliphatic heterocycles. The van der Waals surface area contributed by atoms with Gasteiger partial charge in [0.1, 0.15) is 5.56 Å². The highest BCUT2D eigenvalue weighted by Gasteiger charge is 2.38. The molecule has 1 rings (SSSR count). The number of nitro groups is 1. The SMILES string of the molecule is O=[N+]([O-])c1c(Br)ccc(C(F)(F)F)c1O. The first-order chi connectivity index (χ1) is 6.75. The van der Waals surface area contributed by atoms with E-state index in [9.17, 15) is 23.3 Å². The van der Waals surface area contributed by atoms with Gasteiger partial charge in [-0.2, -0.15) is 13.2 Å². The van der Waals surface area contributed by atoms with Crippen molar-refractivity contribution in [1.82, 2.24) is 0 Å². The number of halogens is 4. The Morgan fingerprint density at radius 3 is 2.33 bits per heavy atom. The first-order valence-corrected chi connectivity index (χ1v) is 4.27. The van der Waals surface area contributed by atoms with Crippen LogP contribution in [0.4, 0.5) is 18.9 Å². The van der Waals surface area contributed by atoms with Crippen molar-refractivity contribution in [2.45, 2.75) is 6.18 Å². The molecule has 82 valence electrons. The number of hydrogen-bond donors (Lipinski definition) is 1. The maximum atomic E-state index is 12.2. The standard InChI is InChI=1S/C7H3BrF3NO3/c8-4-2-1-3(7(9,10)11)6(13)5(4)12(14)15/h1-2,13H. The second kappa shape index (κ2) is 3.69. The number of nitro benzene ring substituents is 1. The lowest BCUT2D eigenvalue weighted by molar-refractivity contribution is -0.387. The van der Waals surface area contributed by atoms with E-state index in [2.05, 4.69) is 15.9 Å². The van der Waals surface area contributed by atoms with Gasteiger partial charge in [0.2, 0.25) is 5.75 Å². The molecule has 0 fully saturated rings. The van der Waals surface area contributed by atoms with Gasteiger partial charge in [0.25, 0.3) is 0 Å². The Bertz CT molecular complexity index is 419. The average molecular weight is 286 g/mol. The normalized spacial score (nSPS) is 11.5. The lowest BCUT2D eigenvalue weighted by Crippen LogP contribution is -2.06. The second-order valence-electron chi connectivity index (χ2n) is 2.55. The fourth-order valence-corrected chi connectivity index (χ4v) is 1.42. The van der Waals surface area contributed by atoms with Gasteiger partial charge in [0.05, 0.1) is 9.40 Å². The molecule has 0 aliphatic carbocycles. The summed E-state index contributed by atoms with van der Waals surface area (Å²) in [6.07, 6.45) is -4.82. The minimum Gasteiger partial charge on any atom is -0.502 e. The van der Waals surface area contributed by atoms with E-state index in [-0.39, 0.29) is 4.47 Å². The average Bonchev–Trinajstić information content (AvgIpc) is 2.00. The molecule has 0 radical (unpaired) electrons. The van der Waals surface area contributed by atoms with Crippen molar-refractivity contribution in [1.29, 1.82) is 0 Å². The number of benzene rings is 1. The van der Waals surface area contributed by atoms with Gasteiger partial charge < -0.3 is 5.11 Å². The molecule has 0 aromatic heterocycles. The van der Waals surface area contributed by atoms with Crippen LogP contribution in [0.15, 0.2) is 16.6 Å². The van der Waals surface area contributed by atoms with Gasteiger partial charge in [0.15, 0.2) is 0 Å². The molecule has 0 aliphatic rings. The minimum absolute atomic E-state index is 0.210. The summed E-state index contributed by atoms with van der Waals surface area (Å²) in [5.41, 5.74) is -2.43. The van der Waals surface area contributed by atoms with Crippen LogP contribution in [0, 0.1) is 10.1 Å². The zero-order valence-corrected chi connectivity index (χ0v) is 8.46. The van der Waals surface area contributed by atoms with Gasteiger partial charge in [-0.25, -0.2) is 0 Å². The predicted octanol–water partition coefficient (Wildman–Crippen LogP) is 3.08. The van der Waals surface area contributed by atoms with Crippen LogP contribution in [-0.2, 0) is 6.18 Å². The topological polar surface area (TPSA) is 63.4 Å².